The Kier molecular flexibility index (Phi) is 3.27. The van der Waals surface area contributed by atoms with E-state index in [1.807, 2.05) is 13.0 Å². The van der Waals surface area contributed by atoms with Crippen molar-refractivity contribution in [1.29, 1.82) is 5.26 Å². The lowest BCUT2D eigenvalue weighted by Crippen LogP contribution is -2.02. The Morgan fingerprint density at radius 1 is 1.54 bits per heavy atom. The van der Waals surface area contributed by atoms with Crippen molar-refractivity contribution in [2.24, 2.45) is 0 Å². The van der Waals surface area contributed by atoms with Crippen LogP contribution in [0.4, 0.5) is 10.1 Å². The number of rotatable bonds is 3. The van der Waals surface area contributed by atoms with E-state index in [1.165, 1.54) is 18.2 Å². The Hall–Kier alpha value is -1.56. The summed E-state index contributed by atoms with van der Waals surface area (Å²) in [6.45, 7) is 2.71. The summed E-state index contributed by atoms with van der Waals surface area (Å²) in [6, 6.07) is 6.25. The second-order valence-electron chi connectivity index (χ2n) is 2.73. The monoisotopic (exact) mass is 178 g/mol. The first-order valence-corrected chi connectivity index (χ1v) is 4.21. The van der Waals surface area contributed by atoms with Gasteiger partial charge in [-0.1, -0.05) is 6.92 Å². The molecule has 0 atom stereocenters. The smallest absolute Gasteiger partial charge is 0.146 e. The number of nitriles is 1. The third-order valence-corrected chi connectivity index (χ3v) is 1.66. The van der Waals surface area contributed by atoms with Crippen LogP contribution in [0.2, 0.25) is 0 Å². The van der Waals surface area contributed by atoms with Crippen LogP contribution in [0.5, 0.6) is 0 Å². The van der Waals surface area contributed by atoms with Crippen molar-refractivity contribution in [1.82, 2.24) is 0 Å². The zero-order chi connectivity index (χ0) is 9.68. The van der Waals surface area contributed by atoms with Crippen LogP contribution >= 0.6 is 0 Å². The Bertz CT molecular complexity index is 328. The zero-order valence-corrected chi connectivity index (χ0v) is 7.47. The van der Waals surface area contributed by atoms with Crippen LogP contribution in [0.25, 0.3) is 0 Å². The summed E-state index contributed by atoms with van der Waals surface area (Å²) in [7, 11) is 0. The number of halogens is 1. The topological polar surface area (TPSA) is 35.8 Å². The van der Waals surface area contributed by atoms with Gasteiger partial charge in [-0.3, -0.25) is 0 Å². The number of anilines is 1. The Morgan fingerprint density at radius 2 is 2.31 bits per heavy atom. The number of hydrogen-bond donors (Lipinski definition) is 1. The number of nitrogens with zero attached hydrogens (tertiary/aromatic N) is 1. The summed E-state index contributed by atoms with van der Waals surface area (Å²) < 4.78 is 13.1. The number of hydrogen-bond acceptors (Lipinski definition) is 2. The van der Waals surface area contributed by atoms with Gasteiger partial charge in [-0.15, -0.1) is 0 Å². The van der Waals surface area contributed by atoms with E-state index < -0.39 is 0 Å². The predicted octanol–water partition coefficient (Wildman–Crippen LogP) is 2.52. The maximum atomic E-state index is 13.1. The molecule has 1 aromatic rings. The highest BCUT2D eigenvalue weighted by Gasteiger charge is 2.01. The molecule has 0 heterocycles. The molecular weight excluding hydrogens is 167 g/mol. The summed E-state index contributed by atoms with van der Waals surface area (Å²) in [5.41, 5.74) is 0.876. The molecule has 0 saturated heterocycles. The molecule has 1 N–H and O–H groups in total. The highest BCUT2D eigenvalue weighted by Crippen LogP contribution is 2.15. The molecule has 1 rings (SSSR count). The van der Waals surface area contributed by atoms with Gasteiger partial charge in [-0.25, -0.2) is 4.39 Å². The predicted molar refractivity (Wildman–Crippen MR) is 49.9 cm³/mol. The largest absolute Gasteiger partial charge is 0.383 e. The van der Waals surface area contributed by atoms with Crippen LogP contribution in [-0.2, 0) is 0 Å². The Balaban J connectivity index is 2.85. The van der Waals surface area contributed by atoms with E-state index in [-0.39, 0.29) is 5.82 Å². The van der Waals surface area contributed by atoms with Crippen LogP contribution in [0.3, 0.4) is 0 Å². The molecule has 68 valence electrons. The molecule has 0 unspecified atom stereocenters. The van der Waals surface area contributed by atoms with Crippen molar-refractivity contribution < 1.29 is 4.39 Å². The molecule has 0 aromatic heterocycles. The van der Waals surface area contributed by atoms with Crippen LogP contribution in [-0.4, -0.2) is 6.54 Å². The van der Waals surface area contributed by atoms with Crippen molar-refractivity contribution in [2.75, 3.05) is 11.9 Å². The normalized spacial score (nSPS) is 9.31. The molecule has 3 heteroatoms. The van der Waals surface area contributed by atoms with Gasteiger partial charge in [0, 0.05) is 6.54 Å². The van der Waals surface area contributed by atoms with E-state index in [4.69, 9.17) is 5.26 Å². The molecule has 2 nitrogen and oxygen atoms in total. The molecule has 0 bridgehead atoms. The lowest BCUT2D eigenvalue weighted by molar-refractivity contribution is 0.630. The maximum absolute atomic E-state index is 13.1. The third kappa shape index (κ3) is 2.45. The molecule has 13 heavy (non-hydrogen) atoms. The van der Waals surface area contributed by atoms with Crippen LogP contribution < -0.4 is 5.32 Å². The van der Waals surface area contributed by atoms with Gasteiger partial charge in [0.25, 0.3) is 0 Å². The maximum Gasteiger partial charge on any atom is 0.146 e. The molecule has 0 amide bonds. The average molecular weight is 178 g/mol. The first-order chi connectivity index (χ1) is 6.27. The first-order valence-electron chi connectivity index (χ1n) is 4.21. The summed E-state index contributed by atoms with van der Waals surface area (Å²) in [5, 5.41) is 11.5. The van der Waals surface area contributed by atoms with Gasteiger partial charge in [-0.2, -0.15) is 5.26 Å². The van der Waals surface area contributed by atoms with Crippen LogP contribution in [0.1, 0.15) is 18.9 Å². The molecule has 0 spiro atoms. The van der Waals surface area contributed by atoms with Crippen molar-refractivity contribution in [3.05, 3.63) is 29.6 Å². The van der Waals surface area contributed by atoms with Crippen LogP contribution in [0.15, 0.2) is 18.2 Å². The fraction of sp³-hybridized carbons (Fsp3) is 0.300. The van der Waals surface area contributed by atoms with Gasteiger partial charge in [0.05, 0.1) is 17.3 Å². The van der Waals surface area contributed by atoms with E-state index in [0.29, 0.717) is 17.8 Å². The molecular formula is C10H11FN2. The Morgan fingerprint density at radius 3 is 2.92 bits per heavy atom. The molecule has 1 aromatic carbocycles. The molecule has 0 aliphatic rings. The molecule has 0 aliphatic heterocycles. The van der Waals surface area contributed by atoms with Crippen molar-refractivity contribution in [2.45, 2.75) is 13.3 Å². The standard InChI is InChI=1S/C10H11FN2/c1-2-5-13-10-6-8(7-12)3-4-9(10)11/h3-4,6,13H,2,5H2,1H3. The third-order valence-electron chi connectivity index (χ3n) is 1.66. The van der Waals surface area contributed by atoms with Gasteiger partial charge in [0.1, 0.15) is 5.82 Å². The minimum atomic E-state index is -0.313. The van der Waals surface area contributed by atoms with E-state index >= 15 is 0 Å². The van der Waals surface area contributed by atoms with Crippen molar-refractivity contribution >= 4 is 5.69 Å². The molecule has 0 fully saturated rings. The Labute approximate surface area is 77.0 Å². The highest BCUT2D eigenvalue weighted by molar-refractivity contribution is 5.50. The van der Waals surface area contributed by atoms with Crippen LogP contribution in [0, 0.1) is 17.1 Å². The lowest BCUT2D eigenvalue weighted by atomic mass is 10.2. The van der Waals surface area contributed by atoms with E-state index in [1.54, 1.807) is 0 Å². The summed E-state index contributed by atoms with van der Waals surface area (Å²) in [4.78, 5) is 0. The zero-order valence-electron chi connectivity index (χ0n) is 7.47. The fourth-order valence-corrected chi connectivity index (χ4v) is 0.990. The molecule has 0 radical (unpaired) electrons. The quantitative estimate of drug-likeness (QED) is 0.771. The lowest BCUT2D eigenvalue weighted by Gasteiger charge is -2.05. The van der Waals surface area contributed by atoms with Gasteiger partial charge in [0.2, 0.25) is 0 Å². The summed E-state index contributed by atoms with van der Waals surface area (Å²) in [6.07, 6.45) is 0.927. The number of nitrogens with one attached hydrogen (secondary N) is 1. The SMILES string of the molecule is CCCNc1cc(C#N)ccc1F. The van der Waals surface area contributed by atoms with E-state index in [0.717, 1.165) is 6.42 Å². The summed E-state index contributed by atoms with van der Waals surface area (Å²) >= 11 is 0. The highest BCUT2D eigenvalue weighted by atomic mass is 19.1. The van der Waals surface area contributed by atoms with E-state index in [9.17, 15) is 4.39 Å². The van der Waals surface area contributed by atoms with Crippen molar-refractivity contribution in [3.8, 4) is 6.07 Å². The fourth-order valence-electron chi connectivity index (χ4n) is 0.990. The van der Waals surface area contributed by atoms with Gasteiger partial charge >= 0.3 is 0 Å². The van der Waals surface area contributed by atoms with Gasteiger partial charge < -0.3 is 5.32 Å². The van der Waals surface area contributed by atoms with Gasteiger partial charge in [0.15, 0.2) is 0 Å². The number of benzene rings is 1. The summed E-state index contributed by atoms with van der Waals surface area (Å²) in [5.74, 6) is -0.313. The minimum absolute atomic E-state index is 0.313. The van der Waals surface area contributed by atoms with Gasteiger partial charge in [-0.05, 0) is 24.6 Å². The second kappa shape index (κ2) is 4.46. The molecule has 0 aliphatic carbocycles. The van der Waals surface area contributed by atoms with Crippen molar-refractivity contribution in [3.63, 3.8) is 0 Å². The minimum Gasteiger partial charge on any atom is -0.383 e. The average Bonchev–Trinajstić information content (AvgIpc) is 2.17. The first kappa shape index (κ1) is 9.53. The molecule has 0 saturated carbocycles. The van der Waals surface area contributed by atoms with E-state index in [2.05, 4.69) is 5.32 Å². The second-order valence-corrected chi connectivity index (χ2v) is 2.73.